The molecule has 1 amide bonds. The lowest BCUT2D eigenvalue weighted by Gasteiger charge is -2.22. The van der Waals surface area contributed by atoms with Crippen LogP contribution in [0, 0.1) is 0 Å². The lowest BCUT2D eigenvalue weighted by atomic mass is 9.95. The zero-order valence-corrected chi connectivity index (χ0v) is 15.4. The fourth-order valence-electron chi connectivity index (χ4n) is 2.93. The molecule has 0 bridgehead atoms. The fraction of sp³-hybridized carbons (Fsp3) is 0.471. The minimum atomic E-state index is -0.401. The number of thioether (sulfide) groups is 1. The van der Waals surface area contributed by atoms with Crippen molar-refractivity contribution in [3.8, 4) is 5.69 Å². The average molecular weight is 375 g/mol. The van der Waals surface area contributed by atoms with E-state index in [4.69, 9.17) is 0 Å². The van der Waals surface area contributed by atoms with Crippen molar-refractivity contribution in [1.29, 1.82) is 0 Å². The summed E-state index contributed by atoms with van der Waals surface area (Å²) >= 11 is 1.28. The van der Waals surface area contributed by atoms with E-state index in [0.717, 1.165) is 12.8 Å². The molecule has 8 nitrogen and oxygen atoms in total. The third-order valence-electron chi connectivity index (χ3n) is 4.28. The Kier molecular flexibility index (Phi) is 6.21. The van der Waals surface area contributed by atoms with Gasteiger partial charge in [-0.2, -0.15) is 4.68 Å². The van der Waals surface area contributed by atoms with Crippen LogP contribution < -0.4 is 5.32 Å². The number of hydrogen-bond donors (Lipinski definition) is 1. The number of esters is 1. The summed E-state index contributed by atoms with van der Waals surface area (Å²) < 4.78 is 6.22. The van der Waals surface area contributed by atoms with Crippen molar-refractivity contribution in [3.05, 3.63) is 29.8 Å². The van der Waals surface area contributed by atoms with Gasteiger partial charge in [0.25, 0.3) is 0 Å². The van der Waals surface area contributed by atoms with Gasteiger partial charge < -0.3 is 10.1 Å². The highest BCUT2D eigenvalue weighted by Gasteiger charge is 2.17. The summed E-state index contributed by atoms with van der Waals surface area (Å²) in [5, 5.41) is 15.2. The maximum Gasteiger partial charge on any atom is 0.337 e. The van der Waals surface area contributed by atoms with Crippen molar-refractivity contribution in [1.82, 2.24) is 25.5 Å². The van der Waals surface area contributed by atoms with Gasteiger partial charge in [0, 0.05) is 6.04 Å². The average Bonchev–Trinajstić information content (AvgIpc) is 3.15. The first-order valence-corrected chi connectivity index (χ1v) is 9.55. The number of nitrogens with zero attached hydrogens (tertiary/aromatic N) is 4. The SMILES string of the molecule is COC(=O)c1ccc(-n2nnnc2SCC(=O)NC2CCCCC2)cc1. The molecule has 26 heavy (non-hydrogen) atoms. The summed E-state index contributed by atoms with van der Waals surface area (Å²) in [5.74, 6) is -0.142. The summed E-state index contributed by atoms with van der Waals surface area (Å²) in [4.78, 5) is 23.6. The molecular weight excluding hydrogens is 354 g/mol. The Morgan fingerprint density at radius 3 is 2.65 bits per heavy atom. The topological polar surface area (TPSA) is 99.0 Å². The van der Waals surface area contributed by atoms with Crippen molar-refractivity contribution in [2.24, 2.45) is 0 Å². The lowest BCUT2D eigenvalue weighted by Crippen LogP contribution is -2.37. The Morgan fingerprint density at radius 2 is 1.96 bits per heavy atom. The third kappa shape index (κ3) is 4.60. The normalized spacial score (nSPS) is 14.8. The molecule has 0 radical (unpaired) electrons. The predicted octanol–water partition coefficient (Wildman–Crippen LogP) is 1.99. The van der Waals surface area contributed by atoms with Gasteiger partial charge >= 0.3 is 5.97 Å². The fourth-order valence-corrected chi connectivity index (χ4v) is 3.64. The van der Waals surface area contributed by atoms with Gasteiger partial charge in [0.05, 0.1) is 24.1 Å². The molecule has 0 atom stereocenters. The van der Waals surface area contributed by atoms with Crippen LogP contribution in [0.4, 0.5) is 0 Å². The van der Waals surface area contributed by atoms with Gasteiger partial charge in [0.2, 0.25) is 11.1 Å². The number of aromatic nitrogens is 4. The standard InChI is InChI=1S/C17H21N5O3S/c1-25-16(24)12-7-9-14(10-8-12)22-17(19-20-21-22)26-11-15(23)18-13-5-3-2-4-6-13/h7-10,13H,2-6,11H2,1H3,(H,18,23). The van der Waals surface area contributed by atoms with E-state index in [-0.39, 0.29) is 11.7 Å². The molecule has 0 spiro atoms. The smallest absolute Gasteiger partial charge is 0.337 e. The molecule has 1 N–H and O–H groups in total. The molecule has 9 heteroatoms. The molecule has 3 rings (SSSR count). The van der Waals surface area contributed by atoms with Gasteiger partial charge in [-0.25, -0.2) is 4.79 Å². The summed E-state index contributed by atoms with van der Waals surface area (Å²) in [6.45, 7) is 0. The molecule has 1 aromatic heterocycles. The Bertz CT molecular complexity index is 756. The first-order chi connectivity index (χ1) is 12.7. The molecule has 138 valence electrons. The maximum atomic E-state index is 12.1. The molecule has 1 aliphatic carbocycles. The molecule has 1 heterocycles. The van der Waals surface area contributed by atoms with Crippen molar-refractivity contribution in [3.63, 3.8) is 0 Å². The van der Waals surface area contributed by atoms with Crippen LogP contribution in [-0.2, 0) is 9.53 Å². The molecule has 0 aliphatic heterocycles. The number of methoxy groups -OCH3 is 1. The molecular formula is C17H21N5O3S. The summed E-state index contributed by atoms with van der Waals surface area (Å²) in [5.41, 5.74) is 1.16. The number of tetrazole rings is 1. The zero-order valence-electron chi connectivity index (χ0n) is 14.6. The van der Waals surface area contributed by atoms with Crippen molar-refractivity contribution >= 4 is 23.6 Å². The number of hydrogen-bond acceptors (Lipinski definition) is 7. The van der Waals surface area contributed by atoms with Gasteiger partial charge in [-0.1, -0.05) is 31.0 Å². The Balaban J connectivity index is 1.59. The molecule has 0 unspecified atom stereocenters. The van der Waals surface area contributed by atoms with Crippen LogP contribution in [0.5, 0.6) is 0 Å². The second kappa shape index (κ2) is 8.79. The largest absolute Gasteiger partial charge is 0.465 e. The summed E-state index contributed by atoms with van der Waals surface area (Å²) in [6, 6.07) is 7.04. The number of amides is 1. The van der Waals surface area contributed by atoms with Crippen LogP contribution in [0.1, 0.15) is 42.5 Å². The number of ether oxygens (including phenoxy) is 1. The van der Waals surface area contributed by atoms with E-state index in [2.05, 4.69) is 25.6 Å². The van der Waals surface area contributed by atoms with Crippen LogP contribution in [-0.4, -0.2) is 51.0 Å². The monoisotopic (exact) mass is 375 g/mol. The maximum absolute atomic E-state index is 12.1. The van der Waals surface area contributed by atoms with Gasteiger partial charge in [-0.05, 0) is 47.5 Å². The van der Waals surface area contributed by atoms with Crippen molar-refractivity contribution in [2.75, 3.05) is 12.9 Å². The number of carbonyl (C=O) groups is 2. The first-order valence-electron chi connectivity index (χ1n) is 8.56. The van der Waals surface area contributed by atoms with Crippen LogP contribution >= 0.6 is 11.8 Å². The molecule has 1 aliphatic rings. The number of rotatable bonds is 6. The van der Waals surface area contributed by atoms with Gasteiger partial charge in [-0.3, -0.25) is 4.79 Å². The molecule has 2 aromatic rings. The van der Waals surface area contributed by atoms with E-state index in [1.54, 1.807) is 28.9 Å². The van der Waals surface area contributed by atoms with E-state index in [1.807, 2.05) is 0 Å². The number of carbonyl (C=O) groups excluding carboxylic acids is 2. The third-order valence-corrected chi connectivity index (χ3v) is 5.20. The van der Waals surface area contributed by atoms with E-state index in [0.29, 0.717) is 22.4 Å². The van der Waals surface area contributed by atoms with Crippen LogP contribution in [0.3, 0.4) is 0 Å². The molecule has 0 saturated heterocycles. The zero-order chi connectivity index (χ0) is 18.4. The minimum absolute atomic E-state index is 0.00232. The Labute approximate surface area is 155 Å². The van der Waals surface area contributed by atoms with Crippen molar-refractivity contribution < 1.29 is 14.3 Å². The van der Waals surface area contributed by atoms with Crippen LogP contribution in [0.2, 0.25) is 0 Å². The molecule has 1 aromatic carbocycles. The molecule has 1 fully saturated rings. The lowest BCUT2D eigenvalue weighted by molar-refractivity contribution is -0.119. The van der Waals surface area contributed by atoms with Gasteiger partial charge in [0.1, 0.15) is 0 Å². The molecule has 1 saturated carbocycles. The summed E-state index contributed by atoms with van der Waals surface area (Å²) in [7, 11) is 1.34. The van der Waals surface area contributed by atoms with Crippen molar-refractivity contribution in [2.45, 2.75) is 43.3 Å². The Morgan fingerprint density at radius 1 is 1.23 bits per heavy atom. The summed E-state index contributed by atoms with van der Waals surface area (Å²) in [6.07, 6.45) is 5.72. The Hall–Kier alpha value is -2.42. The van der Waals surface area contributed by atoms with Crippen LogP contribution in [0.15, 0.2) is 29.4 Å². The highest BCUT2D eigenvalue weighted by Crippen LogP contribution is 2.20. The van der Waals surface area contributed by atoms with E-state index < -0.39 is 5.97 Å². The van der Waals surface area contributed by atoms with Gasteiger partial charge in [-0.15, -0.1) is 5.10 Å². The second-order valence-corrected chi connectivity index (χ2v) is 7.05. The van der Waals surface area contributed by atoms with E-state index in [9.17, 15) is 9.59 Å². The number of benzene rings is 1. The highest BCUT2D eigenvalue weighted by molar-refractivity contribution is 7.99. The highest BCUT2D eigenvalue weighted by atomic mass is 32.2. The van der Waals surface area contributed by atoms with E-state index >= 15 is 0 Å². The van der Waals surface area contributed by atoms with Crippen LogP contribution in [0.25, 0.3) is 5.69 Å². The number of nitrogens with one attached hydrogen (secondary N) is 1. The quantitative estimate of drug-likeness (QED) is 0.609. The van der Waals surface area contributed by atoms with E-state index in [1.165, 1.54) is 38.1 Å². The van der Waals surface area contributed by atoms with Gasteiger partial charge in [0.15, 0.2) is 0 Å². The predicted molar refractivity (Wildman–Crippen MR) is 96.2 cm³/mol. The first kappa shape index (κ1) is 18.4. The second-order valence-electron chi connectivity index (χ2n) is 6.10. The minimum Gasteiger partial charge on any atom is -0.465 e.